The van der Waals surface area contributed by atoms with Crippen molar-refractivity contribution < 1.29 is 9.53 Å². The molecule has 2 aromatic rings. The molecule has 0 N–H and O–H groups in total. The molecule has 0 radical (unpaired) electrons. The van der Waals surface area contributed by atoms with E-state index in [1.54, 1.807) is 0 Å². The van der Waals surface area contributed by atoms with Gasteiger partial charge in [-0.2, -0.15) is 0 Å². The van der Waals surface area contributed by atoms with Crippen LogP contribution < -0.4 is 9.64 Å². The van der Waals surface area contributed by atoms with Crippen molar-refractivity contribution in [2.24, 2.45) is 0 Å². The van der Waals surface area contributed by atoms with Gasteiger partial charge in [-0.05, 0) is 68.0 Å². The smallest absolute Gasteiger partial charge is 0.268 e. The van der Waals surface area contributed by atoms with E-state index in [0.717, 1.165) is 42.0 Å². The first-order valence-corrected chi connectivity index (χ1v) is 8.72. The first-order chi connectivity index (χ1) is 11.6. The van der Waals surface area contributed by atoms with Gasteiger partial charge in [-0.1, -0.05) is 31.2 Å². The Morgan fingerprint density at radius 2 is 1.88 bits per heavy atom. The fourth-order valence-corrected chi connectivity index (χ4v) is 3.41. The average molecular weight is 323 g/mol. The predicted molar refractivity (Wildman–Crippen MR) is 97.7 cm³/mol. The van der Waals surface area contributed by atoms with E-state index >= 15 is 0 Å². The molecule has 1 aliphatic heterocycles. The van der Waals surface area contributed by atoms with Gasteiger partial charge in [0.1, 0.15) is 5.75 Å². The van der Waals surface area contributed by atoms with Crippen LogP contribution in [0.5, 0.6) is 5.75 Å². The zero-order valence-electron chi connectivity index (χ0n) is 14.7. The number of anilines is 1. The highest BCUT2D eigenvalue weighted by molar-refractivity contribution is 5.97. The summed E-state index contributed by atoms with van der Waals surface area (Å²) in [6.45, 7) is 6.86. The molecule has 0 saturated heterocycles. The van der Waals surface area contributed by atoms with E-state index in [2.05, 4.69) is 12.1 Å². The number of para-hydroxylation sites is 1. The molecular formula is C21H25NO2. The summed E-state index contributed by atoms with van der Waals surface area (Å²) in [4.78, 5) is 15.0. The Hall–Kier alpha value is -2.29. The number of nitrogens with zero attached hydrogens (tertiary/aromatic N) is 1. The van der Waals surface area contributed by atoms with Crippen molar-refractivity contribution in [3.63, 3.8) is 0 Å². The predicted octanol–water partition coefficient (Wildman–Crippen LogP) is 4.44. The van der Waals surface area contributed by atoms with Crippen molar-refractivity contribution in [3.05, 3.63) is 59.2 Å². The van der Waals surface area contributed by atoms with Crippen LogP contribution in [0.1, 0.15) is 36.5 Å². The maximum absolute atomic E-state index is 13.1. The molecular weight excluding hydrogens is 298 g/mol. The van der Waals surface area contributed by atoms with Crippen LogP contribution in [0.25, 0.3) is 0 Å². The number of fused-ring (bicyclic) bond motifs is 1. The second-order valence-electron chi connectivity index (χ2n) is 6.56. The van der Waals surface area contributed by atoms with E-state index in [0.29, 0.717) is 6.42 Å². The number of hydrogen-bond acceptors (Lipinski definition) is 2. The summed E-state index contributed by atoms with van der Waals surface area (Å²) < 4.78 is 6.06. The zero-order chi connectivity index (χ0) is 17.1. The SMILES string of the molecule is CCC(Oc1cc(C)cc(C)c1)C(=O)N1CCCc2ccccc21. The molecule has 1 unspecified atom stereocenters. The molecule has 0 aromatic heterocycles. The molecule has 0 spiro atoms. The van der Waals surface area contributed by atoms with Crippen LogP contribution in [0.15, 0.2) is 42.5 Å². The highest BCUT2D eigenvalue weighted by Gasteiger charge is 2.29. The zero-order valence-corrected chi connectivity index (χ0v) is 14.7. The van der Waals surface area contributed by atoms with E-state index in [4.69, 9.17) is 4.74 Å². The fraction of sp³-hybridized carbons (Fsp3) is 0.381. The highest BCUT2D eigenvalue weighted by atomic mass is 16.5. The van der Waals surface area contributed by atoms with Gasteiger partial charge in [0.05, 0.1) is 0 Å². The van der Waals surface area contributed by atoms with Crippen LogP contribution >= 0.6 is 0 Å². The van der Waals surface area contributed by atoms with Crippen molar-refractivity contribution in [2.75, 3.05) is 11.4 Å². The van der Waals surface area contributed by atoms with Crippen LogP contribution in [0.2, 0.25) is 0 Å². The standard InChI is InChI=1S/C21H25NO2/c1-4-20(24-18-13-15(2)12-16(3)14-18)21(23)22-11-7-9-17-8-5-6-10-19(17)22/h5-6,8,10,12-14,20H,4,7,9,11H2,1-3H3. The van der Waals surface area contributed by atoms with E-state index in [9.17, 15) is 4.79 Å². The number of rotatable bonds is 4. The van der Waals surface area contributed by atoms with E-state index in [1.165, 1.54) is 5.56 Å². The summed E-state index contributed by atoms with van der Waals surface area (Å²) in [5.41, 5.74) is 4.58. The van der Waals surface area contributed by atoms with Crippen molar-refractivity contribution in [2.45, 2.75) is 46.1 Å². The molecule has 2 aromatic carbocycles. The summed E-state index contributed by atoms with van der Waals surface area (Å²) in [6.07, 6.45) is 2.25. The minimum absolute atomic E-state index is 0.0591. The van der Waals surface area contributed by atoms with Crippen LogP contribution in [0.3, 0.4) is 0 Å². The third kappa shape index (κ3) is 3.45. The minimum Gasteiger partial charge on any atom is -0.481 e. The Kier molecular flexibility index (Phi) is 4.89. The highest BCUT2D eigenvalue weighted by Crippen LogP contribution is 2.28. The summed E-state index contributed by atoms with van der Waals surface area (Å²) in [6, 6.07) is 14.3. The normalized spacial score (nSPS) is 14.9. The van der Waals surface area contributed by atoms with Gasteiger partial charge in [0, 0.05) is 12.2 Å². The Bertz CT molecular complexity index is 718. The monoisotopic (exact) mass is 323 g/mol. The lowest BCUT2D eigenvalue weighted by Gasteiger charge is -2.32. The van der Waals surface area contributed by atoms with Crippen molar-refractivity contribution in [1.82, 2.24) is 0 Å². The van der Waals surface area contributed by atoms with E-state index < -0.39 is 6.10 Å². The van der Waals surface area contributed by atoms with Gasteiger partial charge in [0.2, 0.25) is 0 Å². The average Bonchev–Trinajstić information content (AvgIpc) is 2.57. The molecule has 1 heterocycles. The lowest BCUT2D eigenvalue weighted by molar-refractivity contribution is -0.125. The molecule has 1 atom stereocenters. The largest absolute Gasteiger partial charge is 0.481 e. The molecule has 0 saturated carbocycles. The maximum Gasteiger partial charge on any atom is 0.268 e. The number of carbonyl (C=O) groups excluding carboxylic acids is 1. The first kappa shape index (κ1) is 16.6. The summed E-state index contributed by atoms with van der Waals surface area (Å²) in [5, 5.41) is 0. The van der Waals surface area contributed by atoms with Crippen molar-refractivity contribution in [3.8, 4) is 5.75 Å². The first-order valence-electron chi connectivity index (χ1n) is 8.72. The molecule has 0 fully saturated rings. The van der Waals surface area contributed by atoms with Crippen molar-refractivity contribution in [1.29, 1.82) is 0 Å². The minimum atomic E-state index is -0.447. The lowest BCUT2D eigenvalue weighted by Crippen LogP contribution is -2.44. The number of ether oxygens (including phenoxy) is 1. The number of aryl methyl sites for hydroxylation is 3. The fourth-order valence-electron chi connectivity index (χ4n) is 3.41. The molecule has 24 heavy (non-hydrogen) atoms. The van der Waals surface area contributed by atoms with Crippen LogP contribution in [-0.2, 0) is 11.2 Å². The molecule has 1 aliphatic rings. The van der Waals surface area contributed by atoms with Gasteiger partial charge in [-0.15, -0.1) is 0 Å². The topological polar surface area (TPSA) is 29.5 Å². The van der Waals surface area contributed by atoms with Gasteiger partial charge < -0.3 is 9.64 Å². The number of carbonyl (C=O) groups is 1. The van der Waals surface area contributed by atoms with Crippen LogP contribution in [0.4, 0.5) is 5.69 Å². The van der Waals surface area contributed by atoms with Crippen LogP contribution in [0, 0.1) is 13.8 Å². The van der Waals surface area contributed by atoms with Gasteiger partial charge in [-0.25, -0.2) is 0 Å². The summed E-state index contributed by atoms with van der Waals surface area (Å²) in [5.74, 6) is 0.835. The third-order valence-electron chi connectivity index (χ3n) is 4.50. The third-order valence-corrected chi connectivity index (χ3v) is 4.50. The second kappa shape index (κ2) is 7.08. The molecule has 0 aliphatic carbocycles. The summed E-state index contributed by atoms with van der Waals surface area (Å²) in [7, 11) is 0. The Morgan fingerprint density at radius 1 is 1.17 bits per heavy atom. The number of hydrogen-bond donors (Lipinski definition) is 0. The molecule has 126 valence electrons. The Balaban J connectivity index is 1.82. The van der Waals surface area contributed by atoms with Gasteiger partial charge in [0.25, 0.3) is 5.91 Å². The Morgan fingerprint density at radius 3 is 2.58 bits per heavy atom. The van der Waals surface area contributed by atoms with Gasteiger partial charge in [0.15, 0.2) is 6.10 Å². The molecule has 0 bridgehead atoms. The summed E-state index contributed by atoms with van der Waals surface area (Å²) >= 11 is 0. The van der Waals surface area contributed by atoms with Crippen LogP contribution in [-0.4, -0.2) is 18.6 Å². The Labute approximate surface area is 144 Å². The molecule has 3 rings (SSSR count). The molecule has 3 nitrogen and oxygen atoms in total. The van der Waals surface area contributed by atoms with Crippen molar-refractivity contribution >= 4 is 11.6 Å². The van der Waals surface area contributed by atoms with E-state index in [1.807, 2.05) is 56.0 Å². The maximum atomic E-state index is 13.1. The van der Waals surface area contributed by atoms with Gasteiger partial charge in [-0.3, -0.25) is 4.79 Å². The van der Waals surface area contributed by atoms with Gasteiger partial charge >= 0.3 is 0 Å². The quantitative estimate of drug-likeness (QED) is 0.832. The molecule has 1 amide bonds. The molecule has 3 heteroatoms. The lowest BCUT2D eigenvalue weighted by atomic mass is 10.0. The van der Waals surface area contributed by atoms with E-state index in [-0.39, 0.29) is 5.91 Å². The number of benzene rings is 2. The second-order valence-corrected chi connectivity index (χ2v) is 6.56. The number of amides is 1.